The fraction of sp³-hybridized carbons (Fsp3) is 0.559. The second-order valence-electron chi connectivity index (χ2n) is 24.8. The van der Waals surface area contributed by atoms with Gasteiger partial charge in [-0.05, 0) is 71.4 Å². The predicted molar refractivity (Wildman–Crippen MR) is 303 cm³/mol. The molecule has 2 bridgehead atoms. The minimum absolute atomic E-state index is 0.00542. The summed E-state index contributed by atoms with van der Waals surface area (Å²) in [6.07, 6.45) is 0.555. The molecule has 3 fully saturated rings. The summed E-state index contributed by atoms with van der Waals surface area (Å²) in [6.45, 7) is 16.3. The second-order valence-corrected chi connectivity index (χ2v) is 24.8. The molecule has 6 N–H and O–H groups in total. The summed E-state index contributed by atoms with van der Waals surface area (Å²) in [5, 5.41) is 28.2. The molecular formula is C59H78F4N12O9. The Balaban J connectivity index is 1.17. The molecule has 84 heavy (non-hydrogen) atoms. The third-order valence-corrected chi connectivity index (χ3v) is 15.0. The third kappa shape index (κ3) is 16.7. The molecule has 7 atom stereocenters. The van der Waals surface area contributed by atoms with Crippen molar-refractivity contribution in [2.24, 2.45) is 16.2 Å². The quantitative estimate of drug-likeness (QED) is 0.0372. The number of hydrazine groups is 1. The van der Waals surface area contributed by atoms with E-state index < -0.39 is 120 Å². The molecule has 21 nitrogen and oxygen atoms in total. The first-order chi connectivity index (χ1) is 39.5. The van der Waals surface area contributed by atoms with Gasteiger partial charge in [0.2, 0.25) is 17.8 Å². The van der Waals surface area contributed by atoms with Crippen LogP contribution in [0, 0.1) is 39.7 Å². The maximum absolute atomic E-state index is 16.3. The number of fused-ring (bicyclic) bond motifs is 2. The van der Waals surface area contributed by atoms with Crippen molar-refractivity contribution in [3.8, 4) is 23.1 Å². The van der Waals surface area contributed by atoms with Crippen molar-refractivity contribution in [3.63, 3.8) is 0 Å². The first kappa shape index (κ1) is 64.2. The SMILES string of the molecule is COC(=O)N[C@H](C(=O)NC(C(=O)N[C@@H](Cc1ccc(C#Cc2cnc(N3CC4CCC(C3)N4C3COC3)nc2)cc1)[C@@H](O)CN(Cc1c(F)cc(-c2ccn(CC(F)F)n2)cc1F)NC(=O)[C@@H](NC(=O)OC)C(C)(C)C)C(C)(C)C)C(C)(C)C. The van der Waals surface area contributed by atoms with Gasteiger partial charge < -0.3 is 45.5 Å². The van der Waals surface area contributed by atoms with Gasteiger partial charge in [-0.3, -0.25) is 29.4 Å². The number of hydrogen-bond acceptors (Lipinski definition) is 15. The lowest BCUT2D eigenvalue weighted by atomic mass is 9.83. The van der Waals surface area contributed by atoms with Gasteiger partial charge in [0, 0.05) is 73.5 Å². The van der Waals surface area contributed by atoms with Gasteiger partial charge in [0.15, 0.2) is 0 Å². The molecule has 3 aliphatic rings. The zero-order valence-corrected chi connectivity index (χ0v) is 49.4. The van der Waals surface area contributed by atoms with Crippen LogP contribution in [0.5, 0.6) is 0 Å². The Kier molecular flexibility index (Phi) is 20.7. The normalized spacial score (nSPS) is 18.3. The van der Waals surface area contributed by atoms with Gasteiger partial charge in [-0.15, -0.1) is 0 Å². The molecule has 3 unspecified atom stereocenters. The summed E-state index contributed by atoms with van der Waals surface area (Å²) in [7, 11) is 2.25. The number of nitrogens with one attached hydrogen (secondary N) is 5. The Hall–Kier alpha value is -7.40. The van der Waals surface area contributed by atoms with E-state index in [-0.39, 0.29) is 17.7 Å². The molecular weight excluding hydrogens is 1100 g/mol. The number of alkyl carbamates (subject to hydrolysis) is 2. The van der Waals surface area contributed by atoms with E-state index in [4.69, 9.17) is 14.2 Å². The monoisotopic (exact) mass is 1170 g/mol. The molecule has 0 radical (unpaired) electrons. The first-order valence-electron chi connectivity index (χ1n) is 27.9. The zero-order valence-electron chi connectivity index (χ0n) is 49.4. The van der Waals surface area contributed by atoms with E-state index in [1.807, 2.05) is 0 Å². The smallest absolute Gasteiger partial charge is 0.407 e. The van der Waals surface area contributed by atoms with Gasteiger partial charge in [-0.1, -0.05) is 86.3 Å². The number of methoxy groups -OCH3 is 2. The minimum Gasteiger partial charge on any atom is -0.453 e. The summed E-state index contributed by atoms with van der Waals surface area (Å²) >= 11 is 0. The topological polar surface area (TPSA) is 247 Å². The number of nitrogens with zero attached hydrogens (tertiary/aromatic N) is 7. The van der Waals surface area contributed by atoms with E-state index in [9.17, 15) is 37.9 Å². The Bertz CT molecular complexity index is 2990. The highest BCUT2D eigenvalue weighted by atomic mass is 19.3. The molecule has 2 aromatic carbocycles. The molecule has 4 aromatic rings. The Morgan fingerprint density at radius 1 is 0.738 bits per heavy atom. The highest BCUT2D eigenvalue weighted by Crippen LogP contribution is 2.35. The number of piperazine rings is 1. The zero-order chi connectivity index (χ0) is 61.4. The van der Waals surface area contributed by atoms with Crippen molar-refractivity contribution >= 4 is 35.9 Å². The number of amides is 5. The maximum Gasteiger partial charge on any atom is 0.407 e. The number of rotatable bonds is 20. The number of aromatic nitrogens is 4. The number of halogens is 4. The maximum atomic E-state index is 16.3. The molecule has 0 saturated carbocycles. The summed E-state index contributed by atoms with van der Waals surface area (Å²) in [5.41, 5.74) is 0.911. The number of carbonyl (C=O) groups is 5. The number of anilines is 1. The molecule has 456 valence electrons. The summed E-state index contributed by atoms with van der Waals surface area (Å²) < 4.78 is 74.8. The number of aliphatic hydroxyl groups is 1. The van der Waals surface area contributed by atoms with Crippen LogP contribution in [0.25, 0.3) is 11.3 Å². The Morgan fingerprint density at radius 2 is 1.26 bits per heavy atom. The van der Waals surface area contributed by atoms with Crippen molar-refractivity contribution < 1.29 is 60.9 Å². The van der Waals surface area contributed by atoms with Gasteiger partial charge >= 0.3 is 12.2 Å². The van der Waals surface area contributed by atoms with E-state index in [0.717, 1.165) is 75.2 Å². The Labute approximate surface area is 487 Å². The molecule has 5 amide bonds. The number of ether oxygens (including phenoxy) is 3. The van der Waals surface area contributed by atoms with Gasteiger partial charge in [0.25, 0.3) is 12.3 Å². The van der Waals surface area contributed by atoms with Gasteiger partial charge in [-0.2, -0.15) is 5.10 Å². The van der Waals surface area contributed by atoms with Crippen LogP contribution in [0.15, 0.2) is 61.1 Å². The van der Waals surface area contributed by atoms with Gasteiger partial charge in [0.05, 0.1) is 56.9 Å². The van der Waals surface area contributed by atoms with Gasteiger partial charge in [0.1, 0.15) is 36.3 Å². The predicted octanol–water partition coefficient (Wildman–Crippen LogP) is 5.33. The number of alkyl halides is 2. The van der Waals surface area contributed by atoms with Crippen LogP contribution in [-0.4, -0.2) is 167 Å². The fourth-order valence-corrected chi connectivity index (χ4v) is 10.5. The molecule has 0 aliphatic carbocycles. The average molecular weight is 1180 g/mol. The highest BCUT2D eigenvalue weighted by Gasteiger charge is 2.46. The van der Waals surface area contributed by atoms with E-state index in [0.29, 0.717) is 40.8 Å². The van der Waals surface area contributed by atoms with E-state index >= 15 is 8.78 Å². The van der Waals surface area contributed by atoms with Crippen LogP contribution < -0.4 is 31.6 Å². The van der Waals surface area contributed by atoms with Crippen molar-refractivity contribution in [2.45, 2.75) is 149 Å². The van der Waals surface area contributed by atoms with Crippen LogP contribution in [0.1, 0.15) is 97.4 Å². The number of hydrogen-bond donors (Lipinski definition) is 6. The Morgan fingerprint density at radius 3 is 1.77 bits per heavy atom. The first-order valence-corrected chi connectivity index (χ1v) is 27.9. The molecule has 25 heteroatoms. The van der Waals surface area contributed by atoms with Crippen LogP contribution in [-0.2, 0) is 48.1 Å². The van der Waals surface area contributed by atoms with Crippen LogP contribution in [0.4, 0.5) is 33.1 Å². The average Bonchev–Trinajstić information content (AvgIpc) is 4.03. The van der Waals surface area contributed by atoms with E-state index in [1.165, 1.54) is 12.3 Å². The summed E-state index contributed by atoms with van der Waals surface area (Å²) in [6, 6.07) is 6.49. The van der Waals surface area contributed by atoms with E-state index in [1.54, 1.807) is 99.0 Å². The van der Waals surface area contributed by atoms with Crippen LogP contribution in [0.3, 0.4) is 0 Å². The molecule has 2 aromatic heterocycles. The highest BCUT2D eigenvalue weighted by molar-refractivity contribution is 5.92. The molecule has 5 heterocycles. The largest absolute Gasteiger partial charge is 0.453 e. The van der Waals surface area contributed by atoms with Crippen LogP contribution in [0.2, 0.25) is 0 Å². The number of aliphatic hydroxyl groups excluding tert-OH is 1. The number of carbonyl (C=O) groups excluding carboxylic acids is 5. The number of benzene rings is 2. The van der Waals surface area contributed by atoms with Crippen molar-refractivity contribution in [1.82, 2.24) is 56.4 Å². The molecule has 0 spiro atoms. The summed E-state index contributed by atoms with van der Waals surface area (Å²) in [5.74, 6) is 2.34. The fourth-order valence-electron chi connectivity index (χ4n) is 10.5. The third-order valence-electron chi connectivity index (χ3n) is 15.0. The minimum atomic E-state index is -2.74. The van der Waals surface area contributed by atoms with E-state index in [2.05, 4.69) is 63.4 Å². The lowest BCUT2D eigenvalue weighted by Crippen LogP contribution is -2.63. The molecule has 3 saturated heterocycles. The van der Waals surface area contributed by atoms with Crippen molar-refractivity contribution in [1.29, 1.82) is 0 Å². The summed E-state index contributed by atoms with van der Waals surface area (Å²) in [4.78, 5) is 82.2. The van der Waals surface area contributed by atoms with Crippen LogP contribution >= 0.6 is 0 Å². The second kappa shape index (κ2) is 27.1. The lowest BCUT2D eigenvalue weighted by molar-refractivity contribution is -0.135. The standard InChI is InChI=1S/C59H78F4N12O9/c1-57(2,3)48(67-52(78)49(58(4,5)6)68-55(80)82-10)51(77)66-45(22-35-15-12-34(13-16-35)14-17-36-25-64-54(65-26-36)72-27-38-18-19-39(28-72)75(38)40-32-84-33-40)46(76)30-74(71-53(79)50(59(7,8)9)69-56(81)83-11)29-41-42(60)23-37(24-43(41)61)44-20-21-73(70-44)31-47(62)63/h12-13,15-16,20-21,23-26,38-40,45-50,76H,18-19,22,27-33H2,1-11H3,(H,66,77)(H,67,78)(H,68,80)(H,69,81)(H,71,79)/t38?,39?,45-,46-,48?,49+,50+/m0/s1. The van der Waals surface area contributed by atoms with Gasteiger partial charge in [-0.25, -0.2) is 42.1 Å². The van der Waals surface area contributed by atoms with Crippen molar-refractivity contribution in [2.75, 3.05) is 52.0 Å². The lowest BCUT2D eigenvalue weighted by Gasteiger charge is -2.47. The molecule has 3 aliphatic heterocycles. The van der Waals surface area contributed by atoms with Crippen molar-refractivity contribution in [3.05, 3.63) is 94.9 Å². The molecule has 7 rings (SSSR count).